The van der Waals surface area contributed by atoms with E-state index in [0.29, 0.717) is 0 Å². The van der Waals surface area contributed by atoms with Crippen molar-refractivity contribution in [1.82, 2.24) is 0 Å². The summed E-state index contributed by atoms with van der Waals surface area (Å²) in [5.41, 5.74) is 0.735. The van der Waals surface area contributed by atoms with Gasteiger partial charge in [-0.2, -0.15) is 8.42 Å². The number of aryl methyl sites for hydroxylation is 1. The predicted octanol–water partition coefficient (Wildman–Crippen LogP) is 5.49. The molecule has 0 amide bonds. The normalized spacial score (nSPS) is 11.8. The first-order valence-electron chi connectivity index (χ1n) is 9.24. The van der Waals surface area contributed by atoms with Crippen LogP contribution >= 0.6 is 0 Å². The molecule has 4 nitrogen and oxygen atoms in total. The molecule has 5 heteroatoms. The maximum atomic E-state index is 11.0. The molecule has 0 bridgehead atoms. The summed E-state index contributed by atoms with van der Waals surface area (Å²) >= 11 is 0. The summed E-state index contributed by atoms with van der Waals surface area (Å²) in [6, 6.07) is 4.03. The molecule has 0 heterocycles. The Bertz CT molecular complexity index is 567. The van der Waals surface area contributed by atoms with Crippen LogP contribution in [0.2, 0.25) is 0 Å². The van der Waals surface area contributed by atoms with Crippen molar-refractivity contribution in [3.63, 3.8) is 0 Å². The molecule has 0 saturated heterocycles. The maximum Gasteiger partial charge on any atom is 0.294 e. The van der Waals surface area contributed by atoms with E-state index in [0.717, 1.165) is 30.9 Å². The van der Waals surface area contributed by atoms with E-state index in [9.17, 15) is 13.5 Å². The number of benzene rings is 1. The monoisotopic (exact) mass is 356 g/mol. The summed E-state index contributed by atoms with van der Waals surface area (Å²) in [5, 5.41) is 9.84. The van der Waals surface area contributed by atoms with Crippen molar-refractivity contribution in [2.75, 3.05) is 0 Å². The van der Waals surface area contributed by atoms with E-state index >= 15 is 0 Å². The van der Waals surface area contributed by atoms with Gasteiger partial charge in [0, 0.05) is 6.07 Å². The van der Waals surface area contributed by atoms with Gasteiger partial charge in [-0.05, 0) is 24.5 Å². The highest BCUT2D eigenvalue weighted by Crippen LogP contribution is 2.23. The minimum Gasteiger partial charge on any atom is -0.508 e. The second-order valence-corrected chi connectivity index (χ2v) is 7.97. The second kappa shape index (κ2) is 11.5. The zero-order valence-electron chi connectivity index (χ0n) is 14.8. The van der Waals surface area contributed by atoms with Gasteiger partial charge >= 0.3 is 0 Å². The summed E-state index contributed by atoms with van der Waals surface area (Å²) < 4.78 is 30.9. The van der Waals surface area contributed by atoms with Crippen LogP contribution in [0.15, 0.2) is 23.1 Å². The zero-order chi connectivity index (χ0) is 17.8. The molecule has 0 aliphatic heterocycles. The Morgan fingerprint density at radius 2 is 1.33 bits per heavy atom. The predicted molar refractivity (Wildman–Crippen MR) is 98.1 cm³/mol. The van der Waals surface area contributed by atoms with Gasteiger partial charge in [-0.3, -0.25) is 4.55 Å². The van der Waals surface area contributed by atoms with Gasteiger partial charge in [0.05, 0.1) is 4.90 Å². The van der Waals surface area contributed by atoms with E-state index in [1.54, 1.807) is 6.07 Å². The van der Waals surface area contributed by atoms with E-state index in [4.69, 9.17) is 4.55 Å². The first kappa shape index (κ1) is 21.0. The van der Waals surface area contributed by atoms with E-state index in [1.165, 1.54) is 63.9 Å². The lowest BCUT2D eigenvalue weighted by atomic mass is 10.0. The van der Waals surface area contributed by atoms with Crippen molar-refractivity contribution in [3.05, 3.63) is 23.8 Å². The number of rotatable bonds is 13. The number of phenolic OH excluding ortho intramolecular Hbond substituents is 1. The fraction of sp³-hybridized carbons (Fsp3) is 0.684. The minimum atomic E-state index is -4.25. The van der Waals surface area contributed by atoms with Gasteiger partial charge in [-0.25, -0.2) is 0 Å². The summed E-state index contributed by atoms with van der Waals surface area (Å²) in [6.07, 6.45) is 14.7. The molecule has 0 spiro atoms. The van der Waals surface area contributed by atoms with Crippen LogP contribution in [0.5, 0.6) is 5.75 Å². The van der Waals surface area contributed by atoms with E-state index in [-0.39, 0.29) is 10.6 Å². The van der Waals surface area contributed by atoms with E-state index < -0.39 is 10.1 Å². The van der Waals surface area contributed by atoms with Gasteiger partial charge in [0.1, 0.15) is 5.75 Å². The third kappa shape index (κ3) is 8.69. The smallest absolute Gasteiger partial charge is 0.294 e. The molecule has 0 radical (unpaired) electrons. The fourth-order valence-electron chi connectivity index (χ4n) is 2.90. The highest BCUT2D eigenvalue weighted by molar-refractivity contribution is 7.85. The number of aromatic hydroxyl groups is 1. The van der Waals surface area contributed by atoms with Crippen molar-refractivity contribution in [1.29, 1.82) is 0 Å². The Morgan fingerprint density at radius 3 is 1.79 bits per heavy atom. The van der Waals surface area contributed by atoms with Crippen LogP contribution in [0, 0.1) is 0 Å². The molecule has 0 aliphatic carbocycles. The van der Waals surface area contributed by atoms with Crippen molar-refractivity contribution in [3.8, 4) is 5.75 Å². The van der Waals surface area contributed by atoms with Gasteiger partial charge in [0.2, 0.25) is 0 Å². The molecule has 138 valence electrons. The third-order valence-electron chi connectivity index (χ3n) is 4.40. The SMILES string of the molecule is CCCCCCCCCCCCCc1ccc(S(=O)(=O)O)cc1O. The largest absolute Gasteiger partial charge is 0.508 e. The lowest BCUT2D eigenvalue weighted by Crippen LogP contribution is -1.98. The summed E-state index contributed by atoms with van der Waals surface area (Å²) in [7, 11) is -4.25. The summed E-state index contributed by atoms with van der Waals surface area (Å²) in [5.74, 6) is -0.0581. The summed E-state index contributed by atoms with van der Waals surface area (Å²) in [4.78, 5) is -0.261. The number of hydrogen-bond donors (Lipinski definition) is 2. The van der Waals surface area contributed by atoms with E-state index in [2.05, 4.69) is 6.92 Å². The van der Waals surface area contributed by atoms with Crippen LogP contribution in [-0.4, -0.2) is 18.1 Å². The van der Waals surface area contributed by atoms with Gasteiger partial charge in [0.25, 0.3) is 10.1 Å². The van der Waals surface area contributed by atoms with Crippen LogP contribution in [-0.2, 0) is 16.5 Å². The van der Waals surface area contributed by atoms with Crippen LogP contribution in [0.3, 0.4) is 0 Å². The third-order valence-corrected chi connectivity index (χ3v) is 5.25. The summed E-state index contributed by atoms with van der Waals surface area (Å²) in [6.45, 7) is 2.24. The van der Waals surface area contributed by atoms with Crippen LogP contribution in [0.25, 0.3) is 0 Å². The molecule has 1 rings (SSSR count). The van der Waals surface area contributed by atoms with Crippen molar-refractivity contribution < 1.29 is 18.1 Å². The Labute approximate surface area is 147 Å². The fourth-order valence-corrected chi connectivity index (χ4v) is 3.40. The standard InChI is InChI=1S/C19H32O4S/c1-2-3-4-5-6-7-8-9-10-11-12-13-17-14-15-18(16-19(17)20)24(21,22)23/h14-16,20H,2-13H2,1H3,(H,21,22,23). The van der Waals surface area contributed by atoms with Gasteiger partial charge in [-0.15, -0.1) is 0 Å². The molecule has 2 N–H and O–H groups in total. The van der Waals surface area contributed by atoms with Crippen LogP contribution < -0.4 is 0 Å². The first-order valence-corrected chi connectivity index (χ1v) is 10.7. The molecular formula is C19H32O4S. The Morgan fingerprint density at radius 1 is 0.833 bits per heavy atom. The number of phenols is 1. The van der Waals surface area contributed by atoms with Crippen molar-refractivity contribution >= 4 is 10.1 Å². The highest BCUT2D eigenvalue weighted by Gasteiger charge is 2.12. The second-order valence-electron chi connectivity index (χ2n) is 6.55. The average Bonchev–Trinajstić information content (AvgIpc) is 2.53. The molecule has 0 aliphatic rings. The maximum absolute atomic E-state index is 11.0. The number of unbranched alkanes of at least 4 members (excludes halogenated alkanes) is 10. The van der Waals surface area contributed by atoms with Crippen LogP contribution in [0.4, 0.5) is 0 Å². The first-order chi connectivity index (χ1) is 11.4. The average molecular weight is 357 g/mol. The molecule has 0 unspecified atom stereocenters. The highest BCUT2D eigenvalue weighted by atomic mass is 32.2. The molecule has 1 aromatic carbocycles. The molecule has 0 atom stereocenters. The topological polar surface area (TPSA) is 74.6 Å². The molecule has 0 fully saturated rings. The lowest BCUT2D eigenvalue weighted by molar-refractivity contribution is 0.459. The Kier molecular flexibility index (Phi) is 10.0. The number of hydrogen-bond acceptors (Lipinski definition) is 3. The van der Waals surface area contributed by atoms with Crippen molar-refractivity contribution in [2.24, 2.45) is 0 Å². The van der Waals surface area contributed by atoms with Crippen LogP contribution in [0.1, 0.15) is 83.1 Å². The van der Waals surface area contributed by atoms with Gasteiger partial charge < -0.3 is 5.11 Å². The van der Waals surface area contributed by atoms with Gasteiger partial charge in [-0.1, -0.05) is 77.2 Å². The molecule has 0 aromatic heterocycles. The molecule has 1 aromatic rings. The Hall–Kier alpha value is -1.07. The molecule has 24 heavy (non-hydrogen) atoms. The Balaban J connectivity index is 2.11. The van der Waals surface area contributed by atoms with Crippen molar-refractivity contribution in [2.45, 2.75) is 88.9 Å². The molecule has 0 saturated carbocycles. The quantitative estimate of drug-likeness (QED) is 0.362. The minimum absolute atomic E-state index is 0.0581. The molecular weight excluding hydrogens is 324 g/mol. The lowest BCUT2D eigenvalue weighted by Gasteiger charge is -2.06. The zero-order valence-corrected chi connectivity index (χ0v) is 15.7. The van der Waals surface area contributed by atoms with E-state index in [1.807, 2.05) is 0 Å². The van der Waals surface area contributed by atoms with Gasteiger partial charge in [0.15, 0.2) is 0 Å².